The van der Waals surface area contributed by atoms with Crippen molar-refractivity contribution in [2.75, 3.05) is 19.6 Å². The maximum Gasteiger partial charge on any atom is 0.124 e. The van der Waals surface area contributed by atoms with Crippen LogP contribution < -0.4 is 10.5 Å². The highest BCUT2D eigenvalue weighted by Gasteiger charge is 2.35. The van der Waals surface area contributed by atoms with Crippen molar-refractivity contribution in [1.29, 1.82) is 0 Å². The summed E-state index contributed by atoms with van der Waals surface area (Å²) < 4.78 is 6.19. The molecule has 0 aliphatic carbocycles. The molecule has 3 heteroatoms. The SMILES string of the molecule is NCc1ccccc1OC1CN2CCC1CC2. The Morgan fingerprint density at radius 3 is 2.65 bits per heavy atom. The molecule has 3 heterocycles. The standard InChI is InChI=1S/C14H20N2O/c15-9-12-3-1-2-4-13(12)17-14-10-16-7-5-11(14)6-8-16/h1-4,11,14H,5-10,15H2. The lowest BCUT2D eigenvalue weighted by Crippen LogP contribution is -2.52. The van der Waals surface area contributed by atoms with E-state index >= 15 is 0 Å². The van der Waals surface area contributed by atoms with Gasteiger partial charge in [-0.15, -0.1) is 0 Å². The average Bonchev–Trinajstić information content (AvgIpc) is 2.41. The maximum absolute atomic E-state index is 6.19. The molecule has 3 aliphatic rings. The molecule has 0 aromatic heterocycles. The van der Waals surface area contributed by atoms with Crippen LogP contribution in [0.1, 0.15) is 18.4 Å². The summed E-state index contributed by atoms with van der Waals surface area (Å²) >= 11 is 0. The van der Waals surface area contributed by atoms with E-state index in [4.69, 9.17) is 10.5 Å². The van der Waals surface area contributed by atoms with Gasteiger partial charge in [0.2, 0.25) is 0 Å². The first kappa shape index (κ1) is 11.1. The van der Waals surface area contributed by atoms with Crippen molar-refractivity contribution in [2.45, 2.75) is 25.5 Å². The van der Waals surface area contributed by atoms with Crippen LogP contribution in [0, 0.1) is 5.92 Å². The Morgan fingerprint density at radius 2 is 2.00 bits per heavy atom. The highest BCUT2D eigenvalue weighted by Crippen LogP contribution is 2.31. The van der Waals surface area contributed by atoms with Crippen molar-refractivity contribution in [3.05, 3.63) is 29.8 Å². The molecule has 1 unspecified atom stereocenters. The fourth-order valence-electron chi connectivity index (χ4n) is 2.99. The van der Waals surface area contributed by atoms with Crippen LogP contribution in [0.3, 0.4) is 0 Å². The lowest BCUT2D eigenvalue weighted by atomic mass is 9.86. The molecule has 0 radical (unpaired) electrons. The van der Waals surface area contributed by atoms with Gasteiger partial charge in [-0.25, -0.2) is 0 Å². The molecule has 3 nitrogen and oxygen atoms in total. The number of hydrogen-bond donors (Lipinski definition) is 1. The zero-order valence-electron chi connectivity index (χ0n) is 10.1. The Kier molecular flexibility index (Phi) is 3.04. The Bertz CT molecular complexity index is 386. The molecule has 1 aromatic rings. The molecule has 92 valence electrons. The third-order valence-electron chi connectivity index (χ3n) is 4.07. The largest absolute Gasteiger partial charge is 0.488 e. The number of hydrogen-bond acceptors (Lipinski definition) is 3. The molecule has 0 saturated carbocycles. The van der Waals surface area contributed by atoms with Crippen LogP contribution in [0.15, 0.2) is 24.3 Å². The van der Waals surface area contributed by atoms with E-state index in [1.807, 2.05) is 18.2 Å². The number of nitrogens with two attached hydrogens (primary N) is 1. The second kappa shape index (κ2) is 4.67. The number of nitrogens with zero attached hydrogens (tertiary/aromatic N) is 1. The van der Waals surface area contributed by atoms with Crippen LogP contribution in [0.25, 0.3) is 0 Å². The van der Waals surface area contributed by atoms with Crippen molar-refractivity contribution < 1.29 is 4.74 Å². The molecule has 3 aliphatic heterocycles. The quantitative estimate of drug-likeness (QED) is 0.860. The topological polar surface area (TPSA) is 38.5 Å². The fourth-order valence-corrected chi connectivity index (χ4v) is 2.99. The molecular weight excluding hydrogens is 212 g/mol. The van der Waals surface area contributed by atoms with E-state index in [0.29, 0.717) is 12.6 Å². The predicted octanol–water partition coefficient (Wildman–Crippen LogP) is 1.62. The first-order valence-electron chi connectivity index (χ1n) is 6.54. The lowest BCUT2D eigenvalue weighted by molar-refractivity contribution is -0.00818. The van der Waals surface area contributed by atoms with E-state index in [0.717, 1.165) is 23.8 Å². The monoisotopic (exact) mass is 232 g/mol. The third kappa shape index (κ3) is 2.17. The van der Waals surface area contributed by atoms with E-state index < -0.39 is 0 Å². The first-order chi connectivity index (χ1) is 8.36. The summed E-state index contributed by atoms with van der Waals surface area (Å²) in [5, 5.41) is 0. The van der Waals surface area contributed by atoms with Gasteiger partial charge in [0.15, 0.2) is 0 Å². The number of fused-ring (bicyclic) bond motifs is 3. The molecule has 2 N–H and O–H groups in total. The van der Waals surface area contributed by atoms with Gasteiger partial charge in [-0.3, -0.25) is 4.90 Å². The highest BCUT2D eigenvalue weighted by molar-refractivity contribution is 5.33. The number of ether oxygens (including phenoxy) is 1. The van der Waals surface area contributed by atoms with Gasteiger partial charge < -0.3 is 10.5 Å². The molecule has 4 rings (SSSR count). The Balaban J connectivity index is 1.74. The maximum atomic E-state index is 6.19. The van der Waals surface area contributed by atoms with Gasteiger partial charge in [0.1, 0.15) is 11.9 Å². The number of para-hydroxylation sites is 1. The average molecular weight is 232 g/mol. The molecule has 1 atom stereocenters. The van der Waals surface area contributed by atoms with Crippen LogP contribution in [0.2, 0.25) is 0 Å². The van der Waals surface area contributed by atoms with Crippen LogP contribution >= 0.6 is 0 Å². The zero-order chi connectivity index (χ0) is 11.7. The van der Waals surface area contributed by atoms with E-state index in [1.54, 1.807) is 0 Å². The van der Waals surface area contributed by atoms with Gasteiger partial charge in [-0.1, -0.05) is 18.2 Å². The number of benzene rings is 1. The number of rotatable bonds is 3. The molecule has 3 fully saturated rings. The molecule has 17 heavy (non-hydrogen) atoms. The van der Waals surface area contributed by atoms with Crippen LogP contribution in [0.5, 0.6) is 5.75 Å². The summed E-state index contributed by atoms with van der Waals surface area (Å²) in [5.74, 6) is 1.72. The van der Waals surface area contributed by atoms with Crippen molar-refractivity contribution in [3.63, 3.8) is 0 Å². The Hall–Kier alpha value is -1.06. The van der Waals surface area contributed by atoms with E-state index in [2.05, 4.69) is 11.0 Å². The molecular formula is C14H20N2O. The van der Waals surface area contributed by atoms with Crippen molar-refractivity contribution in [3.8, 4) is 5.75 Å². The van der Waals surface area contributed by atoms with E-state index in [-0.39, 0.29) is 0 Å². The highest BCUT2D eigenvalue weighted by atomic mass is 16.5. The molecule has 0 spiro atoms. The van der Waals surface area contributed by atoms with Crippen molar-refractivity contribution in [2.24, 2.45) is 11.7 Å². The third-order valence-corrected chi connectivity index (χ3v) is 4.07. The summed E-state index contributed by atoms with van der Waals surface area (Å²) in [6, 6.07) is 8.14. The number of piperidine rings is 3. The minimum atomic E-state index is 0.366. The van der Waals surface area contributed by atoms with Crippen molar-refractivity contribution in [1.82, 2.24) is 4.90 Å². The second-order valence-corrected chi connectivity index (χ2v) is 5.11. The zero-order valence-corrected chi connectivity index (χ0v) is 10.1. The molecule has 0 amide bonds. The first-order valence-corrected chi connectivity index (χ1v) is 6.54. The van der Waals surface area contributed by atoms with Crippen LogP contribution in [-0.2, 0) is 6.54 Å². The Labute approximate surface area is 103 Å². The van der Waals surface area contributed by atoms with E-state index in [1.165, 1.54) is 25.9 Å². The minimum Gasteiger partial charge on any atom is -0.488 e. The summed E-state index contributed by atoms with van der Waals surface area (Å²) in [6.45, 7) is 4.15. The molecule has 1 aromatic carbocycles. The molecule has 3 saturated heterocycles. The van der Waals surface area contributed by atoms with E-state index in [9.17, 15) is 0 Å². The minimum absolute atomic E-state index is 0.366. The van der Waals surface area contributed by atoms with Crippen LogP contribution in [0.4, 0.5) is 0 Å². The van der Waals surface area contributed by atoms with Crippen molar-refractivity contribution >= 4 is 0 Å². The fraction of sp³-hybridized carbons (Fsp3) is 0.571. The smallest absolute Gasteiger partial charge is 0.124 e. The van der Waals surface area contributed by atoms with Gasteiger partial charge >= 0.3 is 0 Å². The lowest BCUT2D eigenvalue weighted by Gasteiger charge is -2.44. The van der Waals surface area contributed by atoms with Gasteiger partial charge in [0.05, 0.1) is 0 Å². The summed E-state index contributed by atoms with van der Waals surface area (Å²) in [6.07, 6.45) is 2.94. The van der Waals surface area contributed by atoms with Gasteiger partial charge in [0, 0.05) is 18.7 Å². The molecule has 2 bridgehead atoms. The Morgan fingerprint density at radius 1 is 1.24 bits per heavy atom. The summed E-state index contributed by atoms with van der Waals surface area (Å²) in [4.78, 5) is 2.51. The van der Waals surface area contributed by atoms with Gasteiger partial charge in [-0.05, 0) is 37.9 Å². The second-order valence-electron chi connectivity index (χ2n) is 5.11. The summed E-state index contributed by atoms with van der Waals surface area (Å²) in [7, 11) is 0. The predicted molar refractivity (Wildman–Crippen MR) is 67.9 cm³/mol. The van der Waals surface area contributed by atoms with Gasteiger partial charge in [-0.2, -0.15) is 0 Å². The van der Waals surface area contributed by atoms with Crippen LogP contribution in [-0.4, -0.2) is 30.6 Å². The normalized spacial score (nSPS) is 31.5. The summed E-state index contributed by atoms with van der Waals surface area (Å²) in [5.41, 5.74) is 6.86. The van der Waals surface area contributed by atoms with Gasteiger partial charge in [0.25, 0.3) is 0 Å².